The Morgan fingerprint density at radius 1 is 1.00 bits per heavy atom. The second-order valence-corrected chi connectivity index (χ2v) is 6.62. The van der Waals surface area contributed by atoms with Gasteiger partial charge in [0.25, 0.3) is 0 Å². The van der Waals surface area contributed by atoms with Crippen LogP contribution in [0.2, 0.25) is 0 Å². The van der Waals surface area contributed by atoms with Gasteiger partial charge >= 0.3 is 0 Å². The van der Waals surface area contributed by atoms with Gasteiger partial charge in [-0.15, -0.1) is 0 Å². The smallest absolute Gasteiger partial charge is 0.0349 e. The lowest BCUT2D eigenvalue weighted by atomic mass is 9.95. The molecule has 1 saturated heterocycles. The van der Waals surface area contributed by atoms with Crippen molar-refractivity contribution in [2.75, 3.05) is 26.2 Å². The first-order valence-electron chi connectivity index (χ1n) is 8.77. The van der Waals surface area contributed by atoms with Crippen LogP contribution >= 0.6 is 0 Å². The summed E-state index contributed by atoms with van der Waals surface area (Å²) in [6, 6.07) is 10.0. The summed E-state index contributed by atoms with van der Waals surface area (Å²) in [5.41, 5.74) is 2.96. The maximum atomic E-state index is 3.47. The molecule has 0 saturated carbocycles. The molecule has 0 bridgehead atoms. The lowest BCUT2D eigenvalue weighted by molar-refractivity contribution is 0.162. The molecule has 1 aliphatic rings. The van der Waals surface area contributed by atoms with E-state index in [1.165, 1.54) is 49.9 Å². The molecule has 21 heavy (non-hydrogen) atoms. The minimum absolute atomic E-state index is 0.611. The normalized spacial score (nSPS) is 18.1. The van der Waals surface area contributed by atoms with Crippen LogP contribution in [0.25, 0.3) is 0 Å². The first-order valence-corrected chi connectivity index (χ1v) is 8.77. The third-order valence-electron chi connectivity index (χ3n) is 4.66. The van der Waals surface area contributed by atoms with Crippen molar-refractivity contribution in [3.05, 3.63) is 35.4 Å². The Hall–Kier alpha value is -0.860. The highest BCUT2D eigenvalue weighted by atomic mass is 15.2. The van der Waals surface area contributed by atoms with Gasteiger partial charge in [-0.05, 0) is 23.5 Å². The van der Waals surface area contributed by atoms with E-state index in [2.05, 4.69) is 55.3 Å². The van der Waals surface area contributed by atoms with E-state index in [9.17, 15) is 0 Å². The van der Waals surface area contributed by atoms with Gasteiger partial charge in [0.05, 0.1) is 0 Å². The Balaban J connectivity index is 2.08. The molecule has 1 N–H and O–H groups in total. The summed E-state index contributed by atoms with van der Waals surface area (Å²) in [5.74, 6) is 0.622. The highest BCUT2D eigenvalue weighted by Gasteiger charge is 2.21. The van der Waals surface area contributed by atoms with Crippen LogP contribution in [0, 0.1) is 0 Å². The molecular formula is C19H32N2. The van der Waals surface area contributed by atoms with E-state index in [0.29, 0.717) is 12.0 Å². The lowest BCUT2D eigenvalue weighted by Gasteiger charge is -2.35. The molecule has 0 aromatic heterocycles. The Bertz CT molecular complexity index is 391. The van der Waals surface area contributed by atoms with E-state index in [4.69, 9.17) is 0 Å². The Kier molecular flexibility index (Phi) is 6.72. The Labute approximate surface area is 130 Å². The Morgan fingerprint density at radius 3 is 2.19 bits per heavy atom. The van der Waals surface area contributed by atoms with Crippen molar-refractivity contribution in [2.45, 2.75) is 58.4 Å². The molecule has 1 aromatic rings. The largest absolute Gasteiger partial charge is 0.314 e. The van der Waals surface area contributed by atoms with Crippen molar-refractivity contribution < 1.29 is 0 Å². The fourth-order valence-electron chi connectivity index (χ4n) is 3.24. The van der Waals surface area contributed by atoms with Gasteiger partial charge in [-0.25, -0.2) is 0 Å². The van der Waals surface area contributed by atoms with Gasteiger partial charge in [-0.3, -0.25) is 4.90 Å². The maximum Gasteiger partial charge on any atom is 0.0349 e. The van der Waals surface area contributed by atoms with Gasteiger partial charge < -0.3 is 5.32 Å². The van der Waals surface area contributed by atoms with E-state index < -0.39 is 0 Å². The van der Waals surface area contributed by atoms with E-state index in [-0.39, 0.29) is 0 Å². The van der Waals surface area contributed by atoms with Gasteiger partial charge in [-0.2, -0.15) is 0 Å². The monoisotopic (exact) mass is 288 g/mol. The molecule has 1 aromatic carbocycles. The molecule has 1 atom stereocenters. The number of hydrogen-bond donors (Lipinski definition) is 1. The van der Waals surface area contributed by atoms with Crippen LogP contribution in [0.15, 0.2) is 24.3 Å². The van der Waals surface area contributed by atoms with Gasteiger partial charge in [0, 0.05) is 32.2 Å². The summed E-state index contributed by atoms with van der Waals surface area (Å²) >= 11 is 0. The topological polar surface area (TPSA) is 15.3 Å². The Morgan fingerprint density at radius 2 is 1.62 bits per heavy atom. The summed E-state index contributed by atoms with van der Waals surface area (Å²) in [6.07, 6.45) is 5.30. The number of benzene rings is 1. The number of unbranched alkanes of at least 4 members (excludes halogenated alkanes) is 2. The first-order chi connectivity index (χ1) is 10.2. The number of piperazine rings is 1. The fraction of sp³-hybridized carbons (Fsp3) is 0.684. The molecule has 1 aliphatic heterocycles. The van der Waals surface area contributed by atoms with Crippen molar-refractivity contribution in [3.8, 4) is 0 Å². The first kappa shape index (κ1) is 16.5. The predicted molar refractivity (Wildman–Crippen MR) is 91.9 cm³/mol. The van der Waals surface area contributed by atoms with Crippen LogP contribution in [0.3, 0.4) is 0 Å². The average molecular weight is 288 g/mol. The third kappa shape index (κ3) is 4.82. The van der Waals surface area contributed by atoms with Crippen LogP contribution in [0.1, 0.15) is 69.5 Å². The van der Waals surface area contributed by atoms with Crippen molar-refractivity contribution in [1.82, 2.24) is 10.2 Å². The molecular weight excluding hydrogens is 256 g/mol. The zero-order valence-electron chi connectivity index (χ0n) is 14.1. The number of nitrogens with one attached hydrogen (secondary N) is 1. The predicted octanol–water partition coefficient (Wildman–Crippen LogP) is 4.34. The number of nitrogens with zero attached hydrogens (tertiary/aromatic N) is 1. The molecule has 2 rings (SSSR count). The molecule has 0 unspecified atom stereocenters. The SMILES string of the molecule is CCCCC[C@@H](c1ccc(C(C)C)cc1)N1CCNCC1. The molecule has 1 fully saturated rings. The van der Waals surface area contributed by atoms with E-state index in [1.54, 1.807) is 0 Å². The zero-order valence-corrected chi connectivity index (χ0v) is 14.1. The second-order valence-electron chi connectivity index (χ2n) is 6.62. The highest BCUT2D eigenvalue weighted by Crippen LogP contribution is 2.28. The lowest BCUT2D eigenvalue weighted by Crippen LogP contribution is -2.45. The van der Waals surface area contributed by atoms with E-state index in [1.807, 2.05) is 0 Å². The van der Waals surface area contributed by atoms with E-state index >= 15 is 0 Å². The minimum Gasteiger partial charge on any atom is -0.314 e. The number of rotatable bonds is 7. The molecule has 1 heterocycles. The van der Waals surface area contributed by atoms with Crippen LogP contribution < -0.4 is 5.32 Å². The summed E-state index contributed by atoms with van der Waals surface area (Å²) < 4.78 is 0. The van der Waals surface area contributed by atoms with Crippen molar-refractivity contribution in [1.29, 1.82) is 0 Å². The number of hydrogen-bond acceptors (Lipinski definition) is 2. The molecule has 0 aliphatic carbocycles. The fourth-order valence-corrected chi connectivity index (χ4v) is 3.24. The molecule has 0 spiro atoms. The quantitative estimate of drug-likeness (QED) is 0.751. The maximum absolute atomic E-state index is 3.47. The van der Waals surface area contributed by atoms with Crippen LogP contribution in [0.5, 0.6) is 0 Å². The molecule has 2 nitrogen and oxygen atoms in total. The molecule has 2 heteroatoms. The van der Waals surface area contributed by atoms with Crippen molar-refractivity contribution in [3.63, 3.8) is 0 Å². The van der Waals surface area contributed by atoms with Crippen molar-refractivity contribution in [2.24, 2.45) is 0 Å². The summed E-state index contributed by atoms with van der Waals surface area (Å²) in [7, 11) is 0. The summed E-state index contributed by atoms with van der Waals surface area (Å²) in [5, 5.41) is 3.47. The van der Waals surface area contributed by atoms with Gasteiger partial charge in [0.15, 0.2) is 0 Å². The molecule has 0 amide bonds. The second kappa shape index (κ2) is 8.55. The summed E-state index contributed by atoms with van der Waals surface area (Å²) in [6.45, 7) is 11.5. The minimum atomic E-state index is 0.611. The average Bonchev–Trinajstić information content (AvgIpc) is 2.53. The van der Waals surface area contributed by atoms with Gasteiger partial charge in [0.2, 0.25) is 0 Å². The zero-order chi connectivity index (χ0) is 15.1. The summed E-state index contributed by atoms with van der Waals surface area (Å²) in [4.78, 5) is 2.68. The van der Waals surface area contributed by atoms with Gasteiger partial charge in [0.1, 0.15) is 0 Å². The van der Waals surface area contributed by atoms with Crippen LogP contribution in [-0.2, 0) is 0 Å². The third-order valence-corrected chi connectivity index (χ3v) is 4.66. The standard InChI is InChI=1S/C19H32N2/c1-4-5-6-7-19(21-14-12-20-13-15-21)18-10-8-17(9-11-18)16(2)3/h8-11,16,19-20H,4-7,12-15H2,1-3H3/t19-/m0/s1. The highest BCUT2D eigenvalue weighted by molar-refractivity contribution is 5.27. The van der Waals surface area contributed by atoms with Crippen LogP contribution in [0.4, 0.5) is 0 Å². The van der Waals surface area contributed by atoms with Crippen molar-refractivity contribution >= 4 is 0 Å². The molecule has 118 valence electrons. The van der Waals surface area contributed by atoms with E-state index in [0.717, 1.165) is 13.1 Å². The van der Waals surface area contributed by atoms with Crippen LogP contribution in [-0.4, -0.2) is 31.1 Å². The van der Waals surface area contributed by atoms with Gasteiger partial charge in [-0.1, -0.05) is 64.3 Å². The molecule has 0 radical (unpaired) electrons.